The van der Waals surface area contributed by atoms with E-state index in [1.807, 2.05) is 11.3 Å². The summed E-state index contributed by atoms with van der Waals surface area (Å²) in [5.74, 6) is 0.920. The van der Waals surface area contributed by atoms with Crippen LogP contribution in [0, 0.1) is 12.8 Å². The van der Waals surface area contributed by atoms with Crippen LogP contribution >= 0.6 is 11.3 Å². The Bertz CT molecular complexity index is 387. The van der Waals surface area contributed by atoms with Crippen LogP contribution in [-0.2, 0) is 5.54 Å². The first-order chi connectivity index (χ1) is 8.78. The standard InChI is InChI=1S/C15H24N2S/c1-12-11-18-14(17-12)15(8-4-5-9-15)16-10-13-6-2-3-7-13/h11,13,16H,2-10H2,1H3. The van der Waals surface area contributed by atoms with Crippen LogP contribution in [0.5, 0.6) is 0 Å². The third-order valence-electron chi connectivity index (χ3n) is 4.69. The highest BCUT2D eigenvalue weighted by molar-refractivity contribution is 7.09. The molecular weight excluding hydrogens is 240 g/mol. The van der Waals surface area contributed by atoms with E-state index in [1.54, 1.807) is 0 Å². The molecule has 2 nitrogen and oxygen atoms in total. The first-order valence-corrected chi connectivity index (χ1v) is 8.34. The smallest absolute Gasteiger partial charge is 0.113 e. The summed E-state index contributed by atoms with van der Waals surface area (Å²) >= 11 is 1.85. The topological polar surface area (TPSA) is 24.9 Å². The maximum atomic E-state index is 4.77. The van der Waals surface area contributed by atoms with Crippen LogP contribution in [0.4, 0.5) is 0 Å². The summed E-state index contributed by atoms with van der Waals surface area (Å²) in [5, 5.41) is 7.46. The van der Waals surface area contributed by atoms with Crippen molar-refractivity contribution in [1.82, 2.24) is 10.3 Å². The molecule has 0 bridgehead atoms. The quantitative estimate of drug-likeness (QED) is 0.889. The van der Waals surface area contributed by atoms with Crippen LogP contribution in [0.15, 0.2) is 5.38 Å². The fourth-order valence-corrected chi connectivity index (χ4v) is 4.61. The summed E-state index contributed by atoms with van der Waals surface area (Å²) in [4.78, 5) is 4.77. The lowest BCUT2D eigenvalue weighted by molar-refractivity contribution is 0.309. The number of thiazole rings is 1. The molecule has 0 aromatic carbocycles. The number of hydrogen-bond acceptors (Lipinski definition) is 3. The van der Waals surface area contributed by atoms with Crippen molar-refractivity contribution in [1.29, 1.82) is 0 Å². The van der Waals surface area contributed by atoms with E-state index in [0.717, 1.165) is 5.92 Å². The molecule has 0 unspecified atom stereocenters. The summed E-state index contributed by atoms with van der Waals surface area (Å²) in [6.45, 7) is 3.32. The van der Waals surface area contributed by atoms with Crippen LogP contribution in [0.25, 0.3) is 0 Å². The average molecular weight is 264 g/mol. The minimum Gasteiger partial charge on any atom is -0.305 e. The third-order valence-corrected chi connectivity index (χ3v) is 5.85. The number of hydrogen-bond donors (Lipinski definition) is 1. The molecule has 1 aromatic rings. The molecule has 2 aliphatic carbocycles. The van der Waals surface area contributed by atoms with Crippen LogP contribution in [-0.4, -0.2) is 11.5 Å². The van der Waals surface area contributed by atoms with Crippen molar-refractivity contribution in [3.8, 4) is 0 Å². The summed E-state index contributed by atoms with van der Waals surface area (Å²) in [6, 6.07) is 0. The molecule has 0 spiro atoms. The van der Waals surface area contributed by atoms with Crippen LogP contribution in [0.2, 0.25) is 0 Å². The van der Waals surface area contributed by atoms with Crippen molar-refractivity contribution in [2.75, 3.05) is 6.54 Å². The lowest BCUT2D eigenvalue weighted by Gasteiger charge is -2.30. The highest BCUT2D eigenvalue weighted by atomic mass is 32.1. The zero-order valence-corrected chi connectivity index (χ0v) is 12.2. The Balaban J connectivity index is 1.70. The second kappa shape index (κ2) is 5.30. The van der Waals surface area contributed by atoms with Gasteiger partial charge in [0.05, 0.1) is 5.54 Å². The van der Waals surface area contributed by atoms with Crippen LogP contribution < -0.4 is 5.32 Å². The van der Waals surface area contributed by atoms with Gasteiger partial charge in [0.25, 0.3) is 0 Å². The molecule has 2 aliphatic rings. The van der Waals surface area contributed by atoms with Crippen molar-refractivity contribution in [2.45, 2.75) is 63.8 Å². The molecule has 1 N–H and O–H groups in total. The zero-order valence-electron chi connectivity index (χ0n) is 11.4. The summed E-state index contributed by atoms with van der Waals surface area (Å²) in [6.07, 6.45) is 11.0. The highest BCUT2D eigenvalue weighted by Crippen LogP contribution is 2.40. The Hall–Kier alpha value is -0.410. The van der Waals surface area contributed by atoms with Gasteiger partial charge in [-0.05, 0) is 45.1 Å². The van der Waals surface area contributed by atoms with E-state index in [4.69, 9.17) is 4.98 Å². The van der Waals surface area contributed by atoms with E-state index < -0.39 is 0 Å². The molecule has 0 amide bonds. The minimum atomic E-state index is 0.224. The molecule has 0 radical (unpaired) electrons. The second-order valence-corrected chi connectivity index (χ2v) is 6.97. The number of rotatable bonds is 4. The number of aromatic nitrogens is 1. The van der Waals surface area contributed by atoms with Gasteiger partial charge in [0.1, 0.15) is 5.01 Å². The molecule has 100 valence electrons. The molecule has 1 heterocycles. The van der Waals surface area contributed by atoms with E-state index in [1.165, 1.54) is 68.6 Å². The molecule has 0 atom stereocenters. The first kappa shape index (κ1) is 12.6. The van der Waals surface area contributed by atoms with E-state index in [9.17, 15) is 0 Å². The summed E-state index contributed by atoms with van der Waals surface area (Å²) in [5.41, 5.74) is 1.41. The van der Waals surface area contributed by atoms with Gasteiger partial charge in [-0.1, -0.05) is 25.7 Å². The van der Waals surface area contributed by atoms with Gasteiger partial charge in [0.2, 0.25) is 0 Å². The highest BCUT2D eigenvalue weighted by Gasteiger charge is 2.38. The van der Waals surface area contributed by atoms with E-state index in [0.29, 0.717) is 0 Å². The first-order valence-electron chi connectivity index (χ1n) is 7.46. The molecule has 0 aliphatic heterocycles. The Morgan fingerprint density at radius 3 is 2.61 bits per heavy atom. The monoisotopic (exact) mass is 264 g/mol. The molecule has 2 fully saturated rings. The maximum Gasteiger partial charge on any atom is 0.113 e. The van der Waals surface area contributed by atoms with Crippen LogP contribution in [0.1, 0.15) is 62.1 Å². The molecular formula is C15H24N2S. The van der Waals surface area contributed by atoms with Gasteiger partial charge in [-0.25, -0.2) is 4.98 Å². The SMILES string of the molecule is Cc1csc(C2(NCC3CCCC3)CCCC2)n1. The Morgan fingerprint density at radius 1 is 1.28 bits per heavy atom. The Kier molecular flexibility index (Phi) is 3.71. The lowest BCUT2D eigenvalue weighted by Crippen LogP contribution is -2.42. The second-order valence-electron chi connectivity index (χ2n) is 6.11. The van der Waals surface area contributed by atoms with Gasteiger partial charge in [0, 0.05) is 11.1 Å². The lowest BCUT2D eigenvalue weighted by atomic mass is 9.96. The van der Waals surface area contributed by atoms with Crippen molar-refractivity contribution < 1.29 is 0 Å². The van der Waals surface area contributed by atoms with Crippen molar-refractivity contribution in [2.24, 2.45) is 5.92 Å². The molecule has 3 rings (SSSR count). The minimum absolute atomic E-state index is 0.224. The van der Waals surface area contributed by atoms with E-state index >= 15 is 0 Å². The zero-order chi connectivity index (χ0) is 12.4. The average Bonchev–Trinajstić information content (AvgIpc) is 3.08. The van der Waals surface area contributed by atoms with Crippen LogP contribution in [0.3, 0.4) is 0 Å². The van der Waals surface area contributed by atoms with Crippen molar-refractivity contribution in [3.05, 3.63) is 16.1 Å². The van der Waals surface area contributed by atoms with E-state index in [2.05, 4.69) is 17.6 Å². The van der Waals surface area contributed by atoms with Gasteiger partial charge in [0.15, 0.2) is 0 Å². The normalized spacial score (nSPS) is 23.8. The Labute approximate surface area is 114 Å². The number of nitrogens with zero attached hydrogens (tertiary/aromatic N) is 1. The molecule has 3 heteroatoms. The van der Waals surface area contributed by atoms with Crippen molar-refractivity contribution in [3.63, 3.8) is 0 Å². The fourth-order valence-electron chi connectivity index (χ4n) is 3.57. The predicted octanol–water partition coefficient (Wildman–Crippen LogP) is 4.00. The largest absolute Gasteiger partial charge is 0.305 e. The maximum absolute atomic E-state index is 4.77. The molecule has 1 aromatic heterocycles. The van der Waals surface area contributed by atoms with Gasteiger partial charge in [-0.15, -0.1) is 11.3 Å². The van der Waals surface area contributed by atoms with Gasteiger partial charge in [-0.3, -0.25) is 0 Å². The Morgan fingerprint density at radius 2 is 2.00 bits per heavy atom. The van der Waals surface area contributed by atoms with E-state index in [-0.39, 0.29) is 5.54 Å². The molecule has 0 saturated heterocycles. The van der Waals surface area contributed by atoms with Gasteiger partial charge >= 0.3 is 0 Å². The van der Waals surface area contributed by atoms with Gasteiger partial charge in [-0.2, -0.15) is 0 Å². The number of nitrogens with one attached hydrogen (secondary N) is 1. The summed E-state index contributed by atoms with van der Waals surface area (Å²) < 4.78 is 0. The predicted molar refractivity (Wildman–Crippen MR) is 77.0 cm³/mol. The van der Waals surface area contributed by atoms with Crippen molar-refractivity contribution >= 4 is 11.3 Å². The third kappa shape index (κ3) is 2.48. The number of aryl methyl sites for hydroxylation is 1. The van der Waals surface area contributed by atoms with Gasteiger partial charge < -0.3 is 5.32 Å². The molecule has 2 saturated carbocycles. The fraction of sp³-hybridized carbons (Fsp3) is 0.800. The summed E-state index contributed by atoms with van der Waals surface area (Å²) in [7, 11) is 0. The molecule has 18 heavy (non-hydrogen) atoms.